The number of sulfone groups is 1. The topological polar surface area (TPSA) is 66.5 Å². The smallest absolute Gasteiger partial charge is 0.224 e. The van der Waals surface area contributed by atoms with E-state index in [1.165, 1.54) is 11.1 Å². The van der Waals surface area contributed by atoms with Crippen LogP contribution in [-0.4, -0.2) is 49.9 Å². The number of aryl methyl sites for hydroxylation is 1. The maximum absolute atomic E-state index is 12.4. The van der Waals surface area contributed by atoms with Crippen molar-refractivity contribution in [1.82, 2.24) is 4.90 Å². The van der Waals surface area contributed by atoms with Crippen LogP contribution in [0.4, 0.5) is 5.69 Å². The molecule has 1 amide bonds. The molecule has 1 aliphatic heterocycles. The van der Waals surface area contributed by atoms with Gasteiger partial charge in [0.2, 0.25) is 5.91 Å². The SMILES string of the molecule is CCN(C(=O)CCNc1cccc(C)c1C)C1CCS(=O)(=O)C1. The molecule has 0 aromatic heterocycles. The maximum atomic E-state index is 12.4. The number of anilines is 1. The molecule has 0 spiro atoms. The molecule has 0 bridgehead atoms. The van der Waals surface area contributed by atoms with Crippen molar-refractivity contribution in [2.75, 3.05) is 29.9 Å². The average molecular weight is 338 g/mol. The summed E-state index contributed by atoms with van der Waals surface area (Å²) in [6.07, 6.45) is 0.935. The average Bonchev–Trinajstić information content (AvgIpc) is 2.84. The number of nitrogens with one attached hydrogen (secondary N) is 1. The number of carbonyl (C=O) groups excluding carboxylic acids is 1. The lowest BCUT2D eigenvalue weighted by Gasteiger charge is -2.27. The zero-order valence-corrected chi connectivity index (χ0v) is 14.9. The fraction of sp³-hybridized carbons (Fsp3) is 0.588. The first-order valence-corrected chi connectivity index (χ1v) is 9.96. The summed E-state index contributed by atoms with van der Waals surface area (Å²) in [6, 6.07) is 5.91. The summed E-state index contributed by atoms with van der Waals surface area (Å²) in [7, 11) is -2.97. The summed E-state index contributed by atoms with van der Waals surface area (Å²) in [5.74, 6) is 0.325. The molecule has 1 N–H and O–H groups in total. The van der Waals surface area contributed by atoms with Gasteiger partial charge in [-0.1, -0.05) is 12.1 Å². The Kier molecular flexibility index (Phi) is 5.68. The number of carbonyl (C=O) groups is 1. The lowest BCUT2D eigenvalue weighted by atomic mass is 10.1. The zero-order chi connectivity index (χ0) is 17.0. The Labute approximate surface area is 139 Å². The molecule has 128 valence electrons. The molecular formula is C17H26N2O3S. The highest BCUT2D eigenvalue weighted by Gasteiger charge is 2.33. The molecule has 0 saturated carbocycles. The lowest BCUT2D eigenvalue weighted by molar-refractivity contribution is -0.132. The van der Waals surface area contributed by atoms with Crippen molar-refractivity contribution in [3.05, 3.63) is 29.3 Å². The molecule has 5 nitrogen and oxygen atoms in total. The molecule has 23 heavy (non-hydrogen) atoms. The standard InChI is InChI=1S/C17H26N2O3S/c1-4-19(15-9-11-23(21,22)12-15)17(20)8-10-18-16-7-5-6-13(2)14(16)3/h5-7,15,18H,4,8-12H2,1-3H3. The van der Waals surface area contributed by atoms with Crippen LogP contribution in [0.2, 0.25) is 0 Å². The Bertz CT molecular complexity index is 670. The van der Waals surface area contributed by atoms with E-state index in [9.17, 15) is 13.2 Å². The monoisotopic (exact) mass is 338 g/mol. The summed E-state index contributed by atoms with van der Waals surface area (Å²) in [6.45, 7) is 7.13. The van der Waals surface area contributed by atoms with Crippen LogP contribution in [-0.2, 0) is 14.6 Å². The van der Waals surface area contributed by atoms with E-state index in [0.717, 1.165) is 5.69 Å². The van der Waals surface area contributed by atoms with Crippen molar-refractivity contribution in [3.8, 4) is 0 Å². The molecule has 1 unspecified atom stereocenters. The summed E-state index contributed by atoms with van der Waals surface area (Å²) in [5, 5.41) is 3.30. The largest absolute Gasteiger partial charge is 0.384 e. The second-order valence-corrected chi connectivity index (χ2v) is 8.39. The zero-order valence-electron chi connectivity index (χ0n) is 14.1. The molecular weight excluding hydrogens is 312 g/mol. The molecule has 1 aromatic carbocycles. The van der Waals surface area contributed by atoms with Gasteiger partial charge in [0, 0.05) is 31.2 Å². The van der Waals surface area contributed by atoms with Gasteiger partial charge in [0.25, 0.3) is 0 Å². The second-order valence-electron chi connectivity index (χ2n) is 6.16. The minimum atomic E-state index is -2.97. The highest BCUT2D eigenvalue weighted by Crippen LogP contribution is 2.20. The number of amides is 1. The van der Waals surface area contributed by atoms with Crippen LogP contribution in [0.1, 0.15) is 30.9 Å². The number of rotatable bonds is 6. The maximum Gasteiger partial charge on any atom is 0.224 e. The van der Waals surface area contributed by atoms with Gasteiger partial charge >= 0.3 is 0 Å². The Morgan fingerprint density at radius 3 is 2.70 bits per heavy atom. The molecule has 1 aliphatic rings. The first-order chi connectivity index (χ1) is 10.8. The lowest BCUT2D eigenvalue weighted by Crippen LogP contribution is -2.41. The molecule has 1 fully saturated rings. The fourth-order valence-electron chi connectivity index (χ4n) is 3.05. The summed E-state index contributed by atoms with van der Waals surface area (Å²) in [5.41, 5.74) is 3.45. The van der Waals surface area contributed by atoms with Crippen LogP contribution in [0.5, 0.6) is 0 Å². The fourth-order valence-corrected chi connectivity index (χ4v) is 4.78. The van der Waals surface area contributed by atoms with E-state index in [1.807, 2.05) is 19.1 Å². The van der Waals surface area contributed by atoms with Gasteiger partial charge in [-0.3, -0.25) is 4.79 Å². The van der Waals surface area contributed by atoms with Crippen LogP contribution >= 0.6 is 0 Å². The number of hydrogen-bond acceptors (Lipinski definition) is 4. The quantitative estimate of drug-likeness (QED) is 0.863. The van der Waals surface area contributed by atoms with Crippen molar-refractivity contribution >= 4 is 21.4 Å². The van der Waals surface area contributed by atoms with Gasteiger partial charge in [-0.05, 0) is 44.4 Å². The molecule has 0 aliphatic carbocycles. The van der Waals surface area contributed by atoms with Crippen LogP contribution in [0, 0.1) is 13.8 Å². The van der Waals surface area contributed by atoms with Crippen molar-refractivity contribution < 1.29 is 13.2 Å². The van der Waals surface area contributed by atoms with Gasteiger partial charge in [0.15, 0.2) is 9.84 Å². The molecule has 6 heteroatoms. The van der Waals surface area contributed by atoms with Gasteiger partial charge in [0.05, 0.1) is 11.5 Å². The first-order valence-electron chi connectivity index (χ1n) is 8.14. The van der Waals surface area contributed by atoms with E-state index in [4.69, 9.17) is 0 Å². The van der Waals surface area contributed by atoms with E-state index in [0.29, 0.717) is 25.9 Å². The van der Waals surface area contributed by atoms with Gasteiger partial charge in [0.1, 0.15) is 0 Å². The predicted octanol–water partition coefficient (Wildman–Crippen LogP) is 2.14. The number of benzene rings is 1. The molecule has 1 atom stereocenters. The number of nitrogens with zero attached hydrogens (tertiary/aromatic N) is 1. The summed E-state index contributed by atoms with van der Waals surface area (Å²) < 4.78 is 23.2. The Morgan fingerprint density at radius 1 is 1.35 bits per heavy atom. The van der Waals surface area contributed by atoms with Crippen molar-refractivity contribution in [1.29, 1.82) is 0 Å². The minimum absolute atomic E-state index is 0.0207. The van der Waals surface area contributed by atoms with E-state index in [1.54, 1.807) is 4.90 Å². The van der Waals surface area contributed by atoms with E-state index in [-0.39, 0.29) is 23.5 Å². The molecule has 1 aromatic rings. The second kappa shape index (κ2) is 7.34. The minimum Gasteiger partial charge on any atom is -0.384 e. The summed E-state index contributed by atoms with van der Waals surface area (Å²) in [4.78, 5) is 14.1. The highest BCUT2D eigenvalue weighted by molar-refractivity contribution is 7.91. The molecule has 1 saturated heterocycles. The van der Waals surface area contributed by atoms with E-state index in [2.05, 4.69) is 25.2 Å². The first kappa shape index (κ1) is 17.8. The van der Waals surface area contributed by atoms with E-state index < -0.39 is 9.84 Å². The normalized spacial score (nSPS) is 19.5. The Balaban J connectivity index is 1.89. The third-order valence-corrected chi connectivity index (χ3v) is 6.32. The van der Waals surface area contributed by atoms with Gasteiger partial charge in [-0.15, -0.1) is 0 Å². The summed E-state index contributed by atoms with van der Waals surface area (Å²) >= 11 is 0. The third kappa shape index (κ3) is 4.47. The highest BCUT2D eigenvalue weighted by atomic mass is 32.2. The molecule has 0 radical (unpaired) electrons. The van der Waals surface area contributed by atoms with Crippen LogP contribution < -0.4 is 5.32 Å². The van der Waals surface area contributed by atoms with Gasteiger partial charge in [-0.25, -0.2) is 8.42 Å². The van der Waals surface area contributed by atoms with Crippen LogP contribution in [0.3, 0.4) is 0 Å². The van der Waals surface area contributed by atoms with Crippen LogP contribution in [0.25, 0.3) is 0 Å². The third-order valence-electron chi connectivity index (χ3n) is 4.57. The Morgan fingerprint density at radius 2 is 2.09 bits per heavy atom. The van der Waals surface area contributed by atoms with E-state index >= 15 is 0 Å². The molecule has 1 heterocycles. The van der Waals surface area contributed by atoms with Gasteiger partial charge in [-0.2, -0.15) is 0 Å². The van der Waals surface area contributed by atoms with Crippen molar-refractivity contribution in [2.24, 2.45) is 0 Å². The van der Waals surface area contributed by atoms with Crippen molar-refractivity contribution in [3.63, 3.8) is 0 Å². The number of hydrogen-bond donors (Lipinski definition) is 1. The van der Waals surface area contributed by atoms with Crippen LogP contribution in [0.15, 0.2) is 18.2 Å². The Hall–Kier alpha value is -1.56. The van der Waals surface area contributed by atoms with Gasteiger partial charge < -0.3 is 10.2 Å². The molecule has 2 rings (SSSR count). The van der Waals surface area contributed by atoms with Crippen molar-refractivity contribution in [2.45, 2.75) is 39.7 Å². The predicted molar refractivity (Wildman–Crippen MR) is 93.5 cm³/mol.